The highest BCUT2D eigenvalue weighted by Gasteiger charge is 2.18. The number of nitrogen functional groups attached to an aromatic ring is 1. The molecule has 2 heterocycles. The summed E-state index contributed by atoms with van der Waals surface area (Å²) >= 11 is 6.36. The van der Waals surface area contributed by atoms with E-state index >= 15 is 0 Å². The highest BCUT2D eigenvalue weighted by atomic mass is 35.5. The lowest BCUT2D eigenvalue weighted by molar-refractivity contribution is 0.670. The fourth-order valence-corrected chi connectivity index (χ4v) is 3.79. The molecule has 31 heavy (non-hydrogen) atoms. The van der Waals surface area contributed by atoms with Gasteiger partial charge in [-0.2, -0.15) is 10.2 Å². The molecule has 7 nitrogen and oxygen atoms in total. The topological polar surface area (TPSA) is 110 Å². The molecular formula is C23H19ClN6O. The zero-order valence-corrected chi connectivity index (χ0v) is 17.5. The van der Waals surface area contributed by atoms with E-state index in [1.54, 1.807) is 10.6 Å². The van der Waals surface area contributed by atoms with Crippen LogP contribution in [-0.2, 0) is 6.54 Å². The van der Waals surface area contributed by atoms with Gasteiger partial charge >= 0.3 is 0 Å². The molecule has 4 aromatic rings. The second-order valence-corrected chi connectivity index (χ2v) is 7.53. The van der Waals surface area contributed by atoms with Crippen molar-refractivity contribution in [2.24, 2.45) is 0 Å². The molecule has 0 saturated carbocycles. The first kappa shape index (κ1) is 20.4. The van der Waals surface area contributed by atoms with E-state index in [1.165, 1.54) is 6.20 Å². The van der Waals surface area contributed by atoms with Gasteiger partial charge in [0, 0.05) is 5.69 Å². The molecular weight excluding hydrogens is 412 g/mol. The van der Waals surface area contributed by atoms with Crippen LogP contribution in [0.4, 0.5) is 11.8 Å². The maximum absolute atomic E-state index is 13.5. The number of hydrogen-bond acceptors (Lipinski definition) is 6. The number of hydrogen-bond donors (Lipinski definition) is 2. The van der Waals surface area contributed by atoms with Crippen molar-refractivity contribution in [3.05, 3.63) is 93.0 Å². The molecule has 8 heteroatoms. The number of nitrogens with zero attached hydrogens (tertiary/aromatic N) is 4. The zero-order valence-electron chi connectivity index (χ0n) is 16.7. The summed E-state index contributed by atoms with van der Waals surface area (Å²) in [6.07, 6.45) is 1.37. The summed E-state index contributed by atoms with van der Waals surface area (Å²) in [5, 5.41) is 14.2. The standard InChI is InChI=1S/C23H19ClN6O/c1-14(28-21-17(11-25)12-27-23(26)29-21)19-10-16-8-5-9-18(24)20(16)22(31)30(19)13-15-6-3-2-4-7-15/h2-10,12,14H,13H2,1H3,(H3,26,27,28,29)/t14-/m0/s1. The first-order chi connectivity index (χ1) is 15.0. The van der Waals surface area contributed by atoms with Crippen molar-refractivity contribution in [2.45, 2.75) is 19.5 Å². The Labute approximate surface area is 183 Å². The molecule has 0 saturated heterocycles. The van der Waals surface area contributed by atoms with Crippen LogP contribution in [0.25, 0.3) is 10.8 Å². The van der Waals surface area contributed by atoms with Gasteiger partial charge in [0.15, 0.2) is 0 Å². The maximum atomic E-state index is 13.5. The molecule has 0 amide bonds. The molecule has 154 valence electrons. The molecule has 0 bridgehead atoms. The third-order valence-electron chi connectivity index (χ3n) is 5.03. The predicted molar refractivity (Wildman–Crippen MR) is 122 cm³/mol. The normalized spacial score (nSPS) is 11.8. The zero-order chi connectivity index (χ0) is 22.0. The van der Waals surface area contributed by atoms with E-state index in [1.807, 2.05) is 55.5 Å². The summed E-state index contributed by atoms with van der Waals surface area (Å²) in [6, 6.07) is 18.7. The summed E-state index contributed by atoms with van der Waals surface area (Å²) in [7, 11) is 0. The molecule has 1 atom stereocenters. The maximum Gasteiger partial charge on any atom is 0.260 e. The van der Waals surface area contributed by atoms with Crippen molar-refractivity contribution in [1.82, 2.24) is 14.5 Å². The molecule has 2 aromatic heterocycles. The van der Waals surface area contributed by atoms with E-state index in [0.29, 0.717) is 22.8 Å². The lowest BCUT2D eigenvalue weighted by Crippen LogP contribution is -2.27. The van der Waals surface area contributed by atoms with Crippen molar-refractivity contribution < 1.29 is 0 Å². The highest BCUT2D eigenvalue weighted by molar-refractivity contribution is 6.35. The Kier molecular flexibility index (Phi) is 5.56. The van der Waals surface area contributed by atoms with Gasteiger partial charge in [-0.3, -0.25) is 4.79 Å². The van der Waals surface area contributed by atoms with Crippen LogP contribution in [0.2, 0.25) is 5.02 Å². The lowest BCUT2D eigenvalue weighted by atomic mass is 10.1. The van der Waals surface area contributed by atoms with Gasteiger partial charge in [0.2, 0.25) is 5.95 Å². The summed E-state index contributed by atoms with van der Waals surface area (Å²) in [6.45, 7) is 2.27. The minimum Gasteiger partial charge on any atom is -0.368 e. The van der Waals surface area contributed by atoms with Gasteiger partial charge in [-0.1, -0.05) is 54.1 Å². The van der Waals surface area contributed by atoms with Gasteiger partial charge in [-0.05, 0) is 30.0 Å². The number of nitrogens with one attached hydrogen (secondary N) is 1. The van der Waals surface area contributed by atoms with E-state index in [4.69, 9.17) is 17.3 Å². The summed E-state index contributed by atoms with van der Waals surface area (Å²) in [5.41, 5.74) is 7.49. The predicted octanol–water partition coefficient (Wildman–Crippen LogP) is 4.12. The first-order valence-corrected chi connectivity index (χ1v) is 10.0. The summed E-state index contributed by atoms with van der Waals surface area (Å²) < 4.78 is 1.69. The van der Waals surface area contributed by atoms with Crippen LogP contribution in [0.1, 0.15) is 29.8 Å². The number of nitriles is 1. The van der Waals surface area contributed by atoms with Gasteiger partial charge in [-0.15, -0.1) is 0 Å². The number of aromatic nitrogens is 3. The van der Waals surface area contributed by atoms with Gasteiger partial charge in [0.05, 0.1) is 29.2 Å². The second-order valence-electron chi connectivity index (χ2n) is 7.12. The Hall–Kier alpha value is -3.89. The summed E-state index contributed by atoms with van der Waals surface area (Å²) in [5.74, 6) is 0.369. The minimum atomic E-state index is -0.360. The fraction of sp³-hybridized carbons (Fsp3) is 0.130. The molecule has 0 aliphatic carbocycles. The Balaban J connectivity index is 1.86. The van der Waals surface area contributed by atoms with E-state index in [9.17, 15) is 10.1 Å². The van der Waals surface area contributed by atoms with Gasteiger partial charge < -0.3 is 15.6 Å². The third-order valence-corrected chi connectivity index (χ3v) is 5.34. The molecule has 0 fully saturated rings. The van der Waals surface area contributed by atoms with Gasteiger partial charge in [0.25, 0.3) is 5.56 Å². The van der Waals surface area contributed by atoms with Crippen molar-refractivity contribution in [3.63, 3.8) is 0 Å². The van der Waals surface area contributed by atoms with E-state index < -0.39 is 0 Å². The van der Waals surface area contributed by atoms with Crippen molar-refractivity contribution >= 4 is 34.1 Å². The number of nitrogens with two attached hydrogens (primary N) is 1. The molecule has 0 radical (unpaired) electrons. The van der Waals surface area contributed by atoms with Crippen LogP contribution in [0.5, 0.6) is 0 Å². The van der Waals surface area contributed by atoms with E-state index in [0.717, 1.165) is 16.6 Å². The first-order valence-electron chi connectivity index (χ1n) is 9.63. The van der Waals surface area contributed by atoms with Crippen LogP contribution in [0.15, 0.2) is 65.6 Å². The number of fused-ring (bicyclic) bond motifs is 1. The number of rotatable bonds is 5. The molecule has 0 unspecified atom stereocenters. The quantitative estimate of drug-likeness (QED) is 0.492. The molecule has 0 aliphatic rings. The lowest BCUT2D eigenvalue weighted by Gasteiger charge is -2.22. The molecule has 3 N–H and O–H groups in total. The van der Waals surface area contributed by atoms with Gasteiger partial charge in [-0.25, -0.2) is 4.98 Å². The highest BCUT2D eigenvalue weighted by Crippen LogP contribution is 2.26. The van der Waals surface area contributed by atoms with E-state index in [-0.39, 0.29) is 23.1 Å². The minimum absolute atomic E-state index is 0.0562. The number of benzene rings is 2. The molecule has 4 rings (SSSR count). The molecule has 0 spiro atoms. The smallest absolute Gasteiger partial charge is 0.260 e. The number of pyridine rings is 1. The van der Waals surface area contributed by atoms with Crippen LogP contribution >= 0.6 is 11.6 Å². The van der Waals surface area contributed by atoms with Gasteiger partial charge in [0.1, 0.15) is 17.5 Å². The van der Waals surface area contributed by atoms with Crippen molar-refractivity contribution in [3.8, 4) is 6.07 Å². The average Bonchev–Trinajstić information content (AvgIpc) is 2.76. The largest absolute Gasteiger partial charge is 0.368 e. The SMILES string of the molecule is C[C@H](Nc1nc(N)ncc1C#N)c1cc2cccc(Cl)c2c(=O)n1Cc1ccccc1. The Bertz CT molecular complexity index is 1360. The molecule has 0 aliphatic heterocycles. The Morgan fingerprint density at radius 3 is 2.74 bits per heavy atom. The van der Waals surface area contributed by atoms with Crippen molar-refractivity contribution in [2.75, 3.05) is 11.1 Å². The number of anilines is 2. The second kappa shape index (κ2) is 8.46. The Morgan fingerprint density at radius 2 is 2.00 bits per heavy atom. The summed E-state index contributed by atoms with van der Waals surface area (Å²) in [4.78, 5) is 21.5. The van der Waals surface area contributed by atoms with Crippen LogP contribution in [0.3, 0.4) is 0 Å². The van der Waals surface area contributed by atoms with Crippen LogP contribution in [-0.4, -0.2) is 14.5 Å². The Morgan fingerprint density at radius 1 is 1.23 bits per heavy atom. The number of halogens is 1. The molecule has 2 aromatic carbocycles. The average molecular weight is 431 g/mol. The van der Waals surface area contributed by atoms with Crippen LogP contribution in [0, 0.1) is 11.3 Å². The fourth-order valence-electron chi connectivity index (χ4n) is 3.53. The third kappa shape index (κ3) is 4.06. The van der Waals surface area contributed by atoms with Crippen LogP contribution < -0.4 is 16.6 Å². The van der Waals surface area contributed by atoms with Crippen molar-refractivity contribution in [1.29, 1.82) is 5.26 Å². The van der Waals surface area contributed by atoms with E-state index in [2.05, 4.69) is 21.4 Å². The monoisotopic (exact) mass is 430 g/mol.